The highest BCUT2D eigenvalue weighted by atomic mass is 35.5. The molecule has 1 heterocycles. The molecule has 13 heteroatoms. The summed E-state index contributed by atoms with van der Waals surface area (Å²) in [7, 11) is 1.55. The first kappa shape index (κ1) is 30.3. The SMILES string of the molecule is CC(C)CN(C)C(=O)c1nc(C(=O)NCC(C)(C)O)sc1-c1ccc(C(C)(O)C(F)(F)F)c(Cl)c1Cl. The minimum absolute atomic E-state index is 0.0729. The molecule has 200 valence electrons. The minimum Gasteiger partial charge on any atom is -0.389 e. The summed E-state index contributed by atoms with van der Waals surface area (Å²) in [6, 6.07) is 2.16. The standard InChI is InChI=1S/C23H28Cl2F3N3O4S/c1-11(2)9-31(6)20(33)16-17(36-19(30-16)18(32)29-10-21(3,4)34)12-7-8-13(15(25)14(12)24)22(5,35)23(26,27)28/h7-8,11,34-35H,9-10H2,1-6H3,(H,29,32). The van der Waals surface area contributed by atoms with Crippen LogP contribution in [0.1, 0.15) is 60.5 Å². The van der Waals surface area contributed by atoms with Crippen LogP contribution in [0.25, 0.3) is 10.4 Å². The van der Waals surface area contributed by atoms with E-state index >= 15 is 0 Å². The van der Waals surface area contributed by atoms with Crippen LogP contribution < -0.4 is 5.32 Å². The molecule has 36 heavy (non-hydrogen) atoms. The Morgan fingerprint density at radius 3 is 2.22 bits per heavy atom. The highest BCUT2D eigenvalue weighted by molar-refractivity contribution is 7.17. The van der Waals surface area contributed by atoms with Crippen molar-refractivity contribution < 1.29 is 33.0 Å². The van der Waals surface area contributed by atoms with Gasteiger partial charge < -0.3 is 20.4 Å². The van der Waals surface area contributed by atoms with Crippen LogP contribution in [0, 0.1) is 5.92 Å². The zero-order valence-corrected chi connectivity index (χ0v) is 22.9. The molecule has 0 aliphatic heterocycles. The van der Waals surface area contributed by atoms with Crippen molar-refractivity contribution in [3.63, 3.8) is 0 Å². The van der Waals surface area contributed by atoms with E-state index in [4.69, 9.17) is 23.2 Å². The van der Waals surface area contributed by atoms with Crippen molar-refractivity contribution in [1.29, 1.82) is 0 Å². The topological polar surface area (TPSA) is 103 Å². The fourth-order valence-corrected chi connectivity index (χ4v) is 4.85. The van der Waals surface area contributed by atoms with Gasteiger partial charge in [0, 0.05) is 31.3 Å². The molecule has 0 aliphatic rings. The third-order valence-corrected chi connectivity index (χ3v) is 7.06. The number of nitrogens with one attached hydrogen (secondary N) is 1. The minimum atomic E-state index is -5.03. The van der Waals surface area contributed by atoms with Gasteiger partial charge in [0.05, 0.1) is 20.5 Å². The predicted molar refractivity (Wildman–Crippen MR) is 134 cm³/mol. The lowest BCUT2D eigenvalue weighted by Crippen LogP contribution is -2.39. The van der Waals surface area contributed by atoms with Crippen LogP contribution in [0.2, 0.25) is 10.0 Å². The monoisotopic (exact) mass is 569 g/mol. The predicted octanol–water partition coefficient (Wildman–Crippen LogP) is 5.12. The van der Waals surface area contributed by atoms with E-state index in [2.05, 4.69) is 10.3 Å². The molecule has 0 aliphatic carbocycles. The van der Waals surface area contributed by atoms with Crippen LogP contribution in [-0.2, 0) is 5.60 Å². The van der Waals surface area contributed by atoms with Crippen molar-refractivity contribution in [3.05, 3.63) is 38.4 Å². The average Bonchev–Trinajstić information content (AvgIpc) is 3.16. The number of benzene rings is 1. The van der Waals surface area contributed by atoms with E-state index < -0.39 is 39.8 Å². The maximum Gasteiger partial charge on any atom is 0.421 e. The molecular weight excluding hydrogens is 542 g/mol. The highest BCUT2D eigenvalue weighted by Crippen LogP contribution is 2.47. The van der Waals surface area contributed by atoms with Crippen molar-refractivity contribution in [2.75, 3.05) is 20.1 Å². The molecule has 0 saturated carbocycles. The second-order valence-electron chi connectivity index (χ2n) is 9.63. The summed E-state index contributed by atoms with van der Waals surface area (Å²) in [6.45, 7) is 7.64. The fraction of sp³-hybridized carbons (Fsp3) is 0.522. The molecule has 0 bridgehead atoms. The van der Waals surface area contributed by atoms with Crippen molar-refractivity contribution in [3.8, 4) is 10.4 Å². The van der Waals surface area contributed by atoms with Gasteiger partial charge in [-0.25, -0.2) is 4.98 Å². The van der Waals surface area contributed by atoms with E-state index in [1.165, 1.54) is 24.8 Å². The summed E-state index contributed by atoms with van der Waals surface area (Å²) in [5, 5.41) is 21.5. The molecular formula is C23H28Cl2F3N3O4S. The molecule has 0 saturated heterocycles. The van der Waals surface area contributed by atoms with Gasteiger partial charge in [-0.15, -0.1) is 11.3 Å². The number of carbonyl (C=O) groups excluding carboxylic acids is 2. The lowest BCUT2D eigenvalue weighted by atomic mass is 9.94. The van der Waals surface area contributed by atoms with Crippen molar-refractivity contribution in [1.82, 2.24) is 15.2 Å². The van der Waals surface area contributed by atoms with Gasteiger partial charge in [-0.3, -0.25) is 9.59 Å². The Balaban J connectivity index is 2.66. The second-order valence-corrected chi connectivity index (χ2v) is 11.4. The van der Waals surface area contributed by atoms with Gasteiger partial charge in [0.15, 0.2) is 10.6 Å². The second kappa shape index (κ2) is 10.8. The van der Waals surface area contributed by atoms with E-state index in [-0.39, 0.29) is 38.6 Å². The largest absolute Gasteiger partial charge is 0.421 e. The van der Waals surface area contributed by atoms with Gasteiger partial charge >= 0.3 is 6.18 Å². The van der Waals surface area contributed by atoms with Crippen LogP contribution in [0.4, 0.5) is 13.2 Å². The zero-order valence-electron chi connectivity index (χ0n) is 20.5. The quantitative estimate of drug-likeness (QED) is 0.409. The number of hydrogen-bond donors (Lipinski definition) is 3. The number of nitrogens with zero attached hydrogens (tertiary/aromatic N) is 2. The molecule has 1 aromatic heterocycles. The summed E-state index contributed by atoms with van der Waals surface area (Å²) < 4.78 is 40.2. The fourth-order valence-electron chi connectivity index (χ4n) is 3.18. The van der Waals surface area contributed by atoms with Crippen LogP contribution in [-0.4, -0.2) is 63.8 Å². The number of hydrogen-bond acceptors (Lipinski definition) is 6. The van der Waals surface area contributed by atoms with E-state index in [0.29, 0.717) is 13.5 Å². The van der Waals surface area contributed by atoms with Crippen molar-refractivity contribution in [2.45, 2.75) is 52.0 Å². The Morgan fingerprint density at radius 1 is 1.14 bits per heavy atom. The maximum atomic E-state index is 13.4. The Morgan fingerprint density at radius 2 is 1.72 bits per heavy atom. The first-order chi connectivity index (χ1) is 16.3. The summed E-state index contributed by atoms with van der Waals surface area (Å²) in [4.78, 5) is 31.6. The third-order valence-electron chi connectivity index (χ3n) is 5.09. The first-order valence-corrected chi connectivity index (χ1v) is 12.4. The van der Waals surface area contributed by atoms with Gasteiger partial charge in [-0.1, -0.05) is 49.2 Å². The Kier molecular flexibility index (Phi) is 9.11. The van der Waals surface area contributed by atoms with Gasteiger partial charge in [-0.2, -0.15) is 13.2 Å². The molecule has 1 aromatic carbocycles. The Labute approximate surface area is 221 Å². The van der Waals surface area contributed by atoms with E-state index in [1.807, 2.05) is 13.8 Å². The van der Waals surface area contributed by atoms with Crippen molar-refractivity contribution >= 4 is 46.4 Å². The van der Waals surface area contributed by atoms with Crippen LogP contribution in [0.5, 0.6) is 0 Å². The van der Waals surface area contributed by atoms with Crippen LogP contribution >= 0.6 is 34.5 Å². The lowest BCUT2D eigenvalue weighted by molar-refractivity contribution is -0.258. The summed E-state index contributed by atoms with van der Waals surface area (Å²) in [5.41, 5.74) is -5.21. The molecule has 1 unspecified atom stereocenters. The molecule has 2 aromatic rings. The summed E-state index contributed by atoms with van der Waals surface area (Å²) in [5.74, 6) is -1.07. The molecule has 0 radical (unpaired) electrons. The maximum absolute atomic E-state index is 13.4. The van der Waals surface area contributed by atoms with Gasteiger partial charge in [0.2, 0.25) is 0 Å². The van der Waals surface area contributed by atoms with Gasteiger partial charge in [0.25, 0.3) is 11.8 Å². The lowest BCUT2D eigenvalue weighted by Gasteiger charge is -2.28. The van der Waals surface area contributed by atoms with Gasteiger partial charge in [-0.05, 0) is 26.7 Å². The highest BCUT2D eigenvalue weighted by Gasteiger charge is 2.52. The molecule has 0 fully saturated rings. The van der Waals surface area contributed by atoms with Crippen molar-refractivity contribution in [2.24, 2.45) is 5.92 Å². The summed E-state index contributed by atoms with van der Waals surface area (Å²) in [6.07, 6.45) is -5.03. The Bertz CT molecular complexity index is 1140. The number of amides is 2. The molecule has 7 nitrogen and oxygen atoms in total. The number of alkyl halides is 3. The smallest absolute Gasteiger partial charge is 0.389 e. The number of aromatic nitrogens is 1. The number of carbonyl (C=O) groups is 2. The molecule has 0 spiro atoms. The normalized spacial score (nSPS) is 14.1. The third kappa shape index (κ3) is 6.69. The van der Waals surface area contributed by atoms with Crippen LogP contribution in [0.15, 0.2) is 12.1 Å². The first-order valence-electron chi connectivity index (χ1n) is 10.8. The molecule has 3 N–H and O–H groups in total. The molecule has 1 atom stereocenters. The van der Waals surface area contributed by atoms with Gasteiger partial charge in [0.1, 0.15) is 5.69 Å². The van der Waals surface area contributed by atoms with E-state index in [9.17, 15) is 33.0 Å². The van der Waals surface area contributed by atoms with E-state index in [0.717, 1.165) is 17.4 Å². The molecule has 2 rings (SSSR count). The molecule has 2 amide bonds. The number of halogens is 5. The number of rotatable bonds is 8. The summed E-state index contributed by atoms with van der Waals surface area (Å²) >= 11 is 13.3. The van der Waals surface area contributed by atoms with Crippen LogP contribution in [0.3, 0.4) is 0 Å². The average molecular weight is 570 g/mol. The zero-order chi connectivity index (χ0) is 27.8. The Hall–Kier alpha value is -1.92. The van der Waals surface area contributed by atoms with E-state index in [1.54, 1.807) is 7.05 Å². The number of thiazole rings is 1. The number of aliphatic hydroxyl groups is 2.